The molecule has 2 heterocycles. The highest BCUT2D eigenvalue weighted by molar-refractivity contribution is 6.29. The van der Waals surface area contributed by atoms with Crippen LogP contribution in [0.5, 0.6) is 0 Å². The summed E-state index contributed by atoms with van der Waals surface area (Å²) in [5.41, 5.74) is 10.8. The zero-order valence-electron chi connectivity index (χ0n) is 13.9. The van der Waals surface area contributed by atoms with E-state index in [1.165, 1.54) is 11.1 Å². The lowest BCUT2D eigenvalue weighted by atomic mass is 10.0. The molecule has 0 fully saturated rings. The monoisotopic (exact) mass is 354 g/mol. The number of H-pyrrole nitrogens is 1. The van der Waals surface area contributed by atoms with Crippen molar-refractivity contribution in [2.75, 3.05) is 0 Å². The van der Waals surface area contributed by atoms with Gasteiger partial charge in [0.15, 0.2) is 0 Å². The second kappa shape index (κ2) is 7.49. The number of aryl methyl sites for hydroxylation is 3. The number of pyridine rings is 1. The molecule has 0 aliphatic rings. The maximum Gasteiger partial charge on any atom is 0.252 e. The SMILES string of the molecule is Cc1ccc(CCc2n[nH]c(Cc3ccc(Cl)nc3)c2C(N)=O)cc1. The summed E-state index contributed by atoms with van der Waals surface area (Å²) in [4.78, 5) is 16.0. The number of carbonyl (C=O) groups is 1. The first-order valence-corrected chi connectivity index (χ1v) is 8.42. The zero-order chi connectivity index (χ0) is 17.8. The van der Waals surface area contributed by atoms with Crippen LogP contribution >= 0.6 is 11.6 Å². The molecule has 0 aliphatic carbocycles. The molecule has 0 atom stereocenters. The average molecular weight is 355 g/mol. The molecule has 0 unspecified atom stereocenters. The van der Waals surface area contributed by atoms with Gasteiger partial charge in [0.05, 0.1) is 17.0 Å². The Labute approximate surface area is 151 Å². The van der Waals surface area contributed by atoms with Crippen LogP contribution in [0.3, 0.4) is 0 Å². The fraction of sp³-hybridized carbons (Fsp3) is 0.211. The van der Waals surface area contributed by atoms with Crippen molar-refractivity contribution in [1.29, 1.82) is 0 Å². The number of amides is 1. The summed E-state index contributed by atoms with van der Waals surface area (Å²) in [6.45, 7) is 2.06. The normalized spacial score (nSPS) is 10.8. The van der Waals surface area contributed by atoms with Gasteiger partial charge in [0, 0.05) is 12.6 Å². The molecule has 25 heavy (non-hydrogen) atoms. The summed E-state index contributed by atoms with van der Waals surface area (Å²) in [6, 6.07) is 11.9. The third-order valence-corrected chi connectivity index (χ3v) is 4.33. The van der Waals surface area contributed by atoms with Gasteiger partial charge in [-0.2, -0.15) is 5.10 Å². The number of nitrogens with one attached hydrogen (secondary N) is 1. The van der Waals surface area contributed by atoms with Crippen LogP contribution in [0, 0.1) is 6.92 Å². The number of carbonyl (C=O) groups excluding carboxylic acids is 1. The standard InChI is InChI=1S/C19H19ClN4O/c1-12-2-4-13(5-3-12)6-8-15-18(19(21)25)16(24-23-15)10-14-7-9-17(20)22-11-14/h2-5,7,9,11H,6,8,10H2,1H3,(H2,21,25)(H,23,24). The summed E-state index contributed by atoms with van der Waals surface area (Å²) in [5.74, 6) is -0.468. The Morgan fingerprint density at radius 1 is 1.12 bits per heavy atom. The third-order valence-electron chi connectivity index (χ3n) is 4.10. The van der Waals surface area contributed by atoms with E-state index in [1.54, 1.807) is 12.3 Å². The van der Waals surface area contributed by atoms with Gasteiger partial charge in [0.1, 0.15) is 5.15 Å². The zero-order valence-corrected chi connectivity index (χ0v) is 14.7. The molecule has 0 saturated carbocycles. The van der Waals surface area contributed by atoms with Crippen LogP contribution in [-0.4, -0.2) is 21.1 Å². The Morgan fingerprint density at radius 3 is 2.48 bits per heavy atom. The predicted octanol–water partition coefficient (Wildman–Crippen LogP) is 3.24. The lowest BCUT2D eigenvalue weighted by molar-refractivity contribution is 0.0998. The Morgan fingerprint density at radius 2 is 1.84 bits per heavy atom. The number of aromatic amines is 1. The molecule has 5 nitrogen and oxygen atoms in total. The summed E-state index contributed by atoms with van der Waals surface area (Å²) in [5, 5.41) is 7.70. The number of rotatable bonds is 6. The largest absolute Gasteiger partial charge is 0.365 e. The molecular weight excluding hydrogens is 336 g/mol. The number of nitrogens with two attached hydrogens (primary N) is 1. The minimum atomic E-state index is -0.468. The first kappa shape index (κ1) is 17.2. The van der Waals surface area contributed by atoms with Gasteiger partial charge in [-0.25, -0.2) is 4.98 Å². The van der Waals surface area contributed by atoms with Crippen molar-refractivity contribution in [1.82, 2.24) is 15.2 Å². The van der Waals surface area contributed by atoms with Crippen LogP contribution in [0.25, 0.3) is 0 Å². The van der Waals surface area contributed by atoms with Gasteiger partial charge in [-0.05, 0) is 37.0 Å². The average Bonchev–Trinajstić information content (AvgIpc) is 2.99. The molecular formula is C19H19ClN4O. The number of hydrogen-bond acceptors (Lipinski definition) is 3. The second-order valence-corrected chi connectivity index (χ2v) is 6.43. The van der Waals surface area contributed by atoms with Crippen molar-refractivity contribution < 1.29 is 4.79 Å². The quantitative estimate of drug-likeness (QED) is 0.666. The number of halogens is 1. The Kier molecular flexibility index (Phi) is 5.14. The third kappa shape index (κ3) is 4.25. The number of hydrogen-bond donors (Lipinski definition) is 2. The second-order valence-electron chi connectivity index (χ2n) is 6.04. The number of nitrogens with zero attached hydrogens (tertiary/aromatic N) is 2. The molecule has 3 N–H and O–H groups in total. The maximum atomic E-state index is 11.9. The fourth-order valence-electron chi connectivity index (χ4n) is 2.75. The van der Waals surface area contributed by atoms with Crippen molar-refractivity contribution in [3.8, 4) is 0 Å². The van der Waals surface area contributed by atoms with Gasteiger partial charge in [0.2, 0.25) is 0 Å². The van der Waals surface area contributed by atoms with Crippen molar-refractivity contribution >= 4 is 17.5 Å². The molecule has 128 valence electrons. The molecule has 0 bridgehead atoms. The molecule has 0 aliphatic heterocycles. The van der Waals surface area contributed by atoms with Crippen molar-refractivity contribution in [2.45, 2.75) is 26.2 Å². The Balaban J connectivity index is 1.78. The molecule has 1 aromatic carbocycles. The van der Waals surface area contributed by atoms with E-state index in [4.69, 9.17) is 17.3 Å². The van der Waals surface area contributed by atoms with Crippen LogP contribution in [0.15, 0.2) is 42.6 Å². The predicted molar refractivity (Wildman–Crippen MR) is 97.7 cm³/mol. The lowest BCUT2D eigenvalue weighted by Gasteiger charge is -2.04. The first-order chi connectivity index (χ1) is 12.0. The van der Waals surface area contributed by atoms with Crippen molar-refractivity contribution in [2.24, 2.45) is 5.73 Å². The number of benzene rings is 1. The molecule has 0 radical (unpaired) electrons. The topological polar surface area (TPSA) is 84.7 Å². The van der Waals surface area contributed by atoms with Gasteiger partial charge in [-0.3, -0.25) is 9.89 Å². The summed E-state index contributed by atoms with van der Waals surface area (Å²) < 4.78 is 0. The van der Waals surface area contributed by atoms with Crippen LogP contribution in [0.2, 0.25) is 5.15 Å². The van der Waals surface area contributed by atoms with E-state index in [-0.39, 0.29) is 0 Å². The molecule has 6 heteroatoms. The highest BCUT2D eigenvalue weighted by Crippen LogP contribution is 2.18. The van der Waals surface area contributed by atoms with E-state index in [0.29, 0.717) is 34.9 Å². The van der Waals surface area contributed by atoms with E-state index in [9.17, 15) is 4.79 Å². The van der Waals surface area contributed by atoms with Crippen LogP contribution in [0.4, 0.5) is 0 Å². The van der Waals surface area contributed by atoms with Gasteiger partial charge >= 0.3 is 0 Å². The minimum absolute atomic E-state index is 0.433. The molecule has 2 aromatic heterocycles. The lowest BCUT2D eigenvalue weighted by Crippen LogP contribution is -2.15. The first-order valence-electron chi connectivity index (χ1n) is 8.05. The highest BCUT2D eigenvalue weighted by Gasteiger charge is 2.18. The van der Waals surface area contributed by atoms with Crippen molar-refractivity contribution in [3.05, 3.63) is 81.4 Å². The number of aromatic nitrogens is 3. The molecule has 0 spiro atoms. The van der Waals surface area contributed by atoms with Gasteiger partial charge in [-0.15, -0.1) is 0 Å². The fourth-order valence-corrected chi connectivity index (χ4v) is 2.87. The Bertz CT molecular complexity index is 869. The van der Waals surface area contributed by atoms with Crippen molar-refractivity contribution in [3.63, 3.8) is 0 Å². The summed E-state index contributed by atoms with van der Waals surface area (Å²) in [7, 11) is 0. The smallest absolute Gasteiger partial charge is 0.252 e. The van der Waals surface area contributed by atoms with E-state index >= 15 is 0 Å². The van der Waals surface area contributed by atoms with E-state index < -0.39 is 5.91 Å². The van der Waals surface area contributed by atoms with E-state index in [1.807, 2.05) is 6.07 Å². The Hall–Kier alpha value is -2.66. The molecule has 3 rings (SSSR count). The molecule has 0 saturated heterocycles. The molecule has 1 amide bonds. The van der Waals surface area contributed by atoms with E-state index in [0.717, 1.165) is 12.0 Å². The summed E-state index contributed by atoms with van der Waals surface area (Å²) >= 11 is 5.80. The van der Waals surface area contributed by atoms with Gasteiger partial charge in [-0.1, -0.05) is 47.5 Å². The minimum Gasteiger partial charge on any atom is -0.365 e. The number of primary amides is 1. The van der Waals surface area contributed by atoms with Crippen LogP contribution in [0.1, 0.15) is 38.4 Å². The molecule has 3 aromatic rings. The van der Waals surface area contributed by atoms with Crippen LogP contribution < -0.4 is 5.73 Å². The highest BCUT2D eigenvalue weighted by atomic mass is 35.5. The summed E-state index contributed by atoms with van der Waals surface area (Å²) in [6.07, 6.45) is 3.63. The van der Waals surface area contributed by atoms with Gasteiger partial charge < -0.3 is 5.73 Å². The maximum absolute atomic E-state index is 11.9. The van der Waals surface area contributed by atoms with Crippen LogP contribution in [-0.2, 0) is 19.3 Å². The van der Waals surface area contributed by atoms with E-state index in [2.05, 4.69) is 46.4 Å². The van der Waals surface area contributed by atoms with Gasteiger partial charge in [0.25, 0.3) is 5.91 Å².